The molecule has 8 unspecified atom stereocenters. The molecule has 0 bridgehead atoms. The molecule has 1 saturated heterocycles. The van der Waals surface area contributed by atoms with Gasteiger partial charge >= 0.3 is 0 Å². The number of carbonyl (C=O) groups is 9. The maximum atomic E-state index is 14.7. The van der Waals surface area contributed by atoms with Crippen molar-refractivity contribution in [1.82, 2.24) is 42.1 Å². The molecule has 0 saturated carbocycles. The van der Waals surface area contributed by atoms with Crippen LogP contribution in [0.25, 0.3) is 0 Å². The molecule has 93 heavy (non-hydrogen) atoms. The van der Waals surface area contributed by atoms with Gasteiger partial charge in [-0.05, 0) is 133 Å². The third-order valence-electron chi connectivity index (χ3n) is 14.2. The molecule has 0 spiro atoms. The average Bonchev–Trinajstić information content (AvgIpc) is 1.85. The largest absolute Gasteiger partial charge is 0.508 e. The molecule has 1 aromatic carbocycles. The number of rotatable bonds is 45. The Morgan fingerprint density at radius 3 is 0.978 bits per heavy atom. The number of amides is 9. The first-order valence-corrected chi connectivity index (χ1v) is 30.6. The molecule has 1 aliphatic heterocycles. The number of phenols is 1. The minimum atomic E-state index is -1.50. The quantitative estimate of drug-likeness (QED) is 0.0164. The highest BCUT2D eigenvalue weighted by Crippen LogP contribution is 2.21. The second-order valence-corrected chi connectivity index (χ2v) is 21.9. The van der Waals surface area contributed by atoms with Gasteiger partial charge in [0, 0.05) is 45.8 Å². The number of benzene rings is 1. The van der Waals surface area contributed by atoms with Gasteiger partial charge in [-0.3, -0.25) is 73.1 Å². The molecule has 1 aliphatic rings. The Hall–Kier alpha value is -10.2. The maximum Gasteiger partial charge on any atom is 0.243 e. The predicted molar refractivity (Wildman–Crippen MR) is 352 cm³/mol. The molecule has 520 valence electrons. The first kappa shape index (κ1) is 78.9. The molecule has 36 N–H and O–H groups in total. The molecule has 2 rings (SSSR count). The van der Waals surface area contributed by atoms with Gasteiger partial charge in [0.15, 0.2) is 35.8 Å². The van der Waals surface area contributed by atoms with Crippen LogP contribution >= 0.6 is 0 Å². The van der Waals surface area contributed by atoms with E-state index in [2.05, 4.69) is 67.2 Å². The van der Waals surface area contributed by atoms with E-state index in [1.807, 2.05) is 0 Å². The zero-order valence-electron chi connectivity index (χ0n) is 52.6. The van der Waals surface area contributed by atoms with Crippen LogP contribution in [0.2, 0.25) is 0 Å². The van der Waals surface area contributed by atoms with Crippen molar-refractivity contribution in [3.8, 4) is 5.75 Å². The molecule has 8 atom stereocenters. The Morgan fingerprint density at radius 1 is 0.409 bits per heavy atom. The standard InChI is InChI=1S/C55H100N28O10/c56-22-2-1-10-34(82-49(93)40-17-9-29-83(40)41(85)30-31-18-20-32(84)21-19-31)44(88)78-36(13-5-25-72-52(62)63)46(90)80-38(15-7-27-74-54(66)67)48(92)81-39(16-8-28-75-55(68)69)47(91)79-37(14-6-26-73-53(64)65)45(89)77-35(12-4-24-71-51(60)61)43(87)76-33(42(57)86)11-3-23-70-50(58)59/h18-21,33-40,84H,1-17,22-30,56H2,(H2,57,86)(H,76,87)(H,77,89)(H,78,88)(H,79,91)(H,80,90)(H,81,92)(H,82,93)(H4,58,59,70)(H4,60,61,71)(H4,62,63,72)(H4,64,65,73)(H4,66,67,74)(H4,68,69,75). The molecule has 38 nitrogen and oxygen atoms in total. The van der Waals surface area contributed by atoms with Gasteiger partial charge in [-0.1, -0.05) is 12.1 Å². The minimum absolute atomic E-state index is 0.00649. The van der Waals surface area contributed by atoms with E-state index in [1.165, 1.54) is 17.0 Å². The van der Waals surface area contributed by atoms with Crippen molar-refractivity contribution in [2.75, 3.05) is 52.4 Å². The third-order valence-corrected chi connectivity index (χ3v) is 14.2. The van der Waals surface area contributed by atoms with Crippen molar-refractivity contribution in [3.63, 3.8) is 0 Å². The van der Waals surface area contributed by atoms with Gasteiger partial charge in [-0.15, -0.1) is 0 Å². The van der Waals surface area contributed by atoms with Crippen LogP contribution in [0.15, 0.2) is 54.2 Å². The molecule has 1 aromatic rings. The lowest BCUT2D eigenvalue weighted by atomic mass is 10.0. The Bertz CT molecular complexity index is 2760. The van der Waals surface area contributed by atoms with E-state index in [-0.39, 0.29) is 190 Å². The summed E-state index contributed by atoms with van der Waals surface area (Å²) in [6.07, 6.45) is 1.66. The summed E-state index contributed by atoms with van der Waals surface area (Å²) in [7, 11) is 0. The SMILES string of the molecule is NCCCCC(NC(=O)C1CCCN1C(=O)Cc1ccc(O)cc1)C(=O)NC(CCCN=C(N)N)C(=O)NC(CCCN=C(N)N)C(=O)NC(CCCN=C(N)N)C(=O)NC(CCCN=C(N)N)C(=O)NC(CCCN=C(N)N)C(=O)NC(CCCN=C(N)N)C(N)=O. The molecule has 1 fully saturated rings. The summed E-state index contributed by atoms with van der Waals surface area (Å²) in [5.41, 5.74) is 78.6. The van der Waals surface area contributed by atoms with Gasteiger partial charge < -0.3 is 127 Å². The maximum absolute atomic E-state index is 14.7. The zero-order chi connectivity index (χ0) is 69.4. The van der Waals surface area contributed by atoms with Crippen LogP contribution < -0.4 is 117 Å². The fraction of sp³-hybridized carbons (Fsp3) is 0.618. The molecule has 0 aliphatic carbocycles. The normalized spacial score (nSPS) is 14.6. The topological polar surface area (TPSA) is 700 Å². The van der Waals surface area contributed by atoms with Crippen LogP contribution in [-0.4, -0.2) is 200 Å². The number of nitrogens with one attached hydrogen (secondary N) is 7. The monoisotopic (exact) mass is 1310 g/mol. The van der Waals surface area contributed by atoms with Crippen LogP contribution in [0, 0.1) is 0 Å². The number of hydrogen-bond donors (Lipinski definition) is 22. The first-order chi connectivity index (χ1) is 44.1. The van der Waals surface area contributed by atoms with Crippen molar-refractivity contribution in [2.24, 2.45) is 110 Å². The van der Waals surface area contributed by atoms with Crippen molar-refractivity contribution in [3.05, 3.63) is 29.8 Å². The third kappa shape index (κ3) is 33.5. The number of aromatic hydroxyl groups is 1. The number of aliphatic imine (C=N–C) groups is 6. The van der Waals surface area contributed by atoms with E-state index in [9.17, 15) is 48.3 Å². The number of hydrogen-bond acceptors (Lipinski definition) is 17. The highest BCUT2D eigenvalue weighted by atomic mass is 16.3. The summed E-state index contributed by atoms with van der Waals surface area (Å²) < 4.78 is 0. The van der Waals surface area contributed by atoms with Gasteiger partial charge in [0.1, 0.15) is 54.1 Å². The Kier molecular flexibility index (Phi) is 36.9. The molecule has 0 aromatic heterocycles. The number of unbranched alkanes of at least 4 members (excludes halogenated alkanes) is 1. The highest BCUT2D eigenvalue weighted by Gasteiger charge is 2.38. The number of nitrogens with zero attached hydrogens (tertiary/aromatic N) is 7. The molecule has 9 amide bonds. The average molecular weight is 1310 g/mol. The van der Waals surface area contributed by atoms with Crippen LogP contribution in [0.4, 0.5) is 0 Å². The van der Waals surface area contributed by atoms with Gasteiger partial charge in [-0.2, -0.15) is 0 Å². The van der Waals surface area contributed by atoms with Gasteiger partial charge in [0.25, 0.3) is 0 Å². The predicted octanol–water partition coefficient (Wildman–Crippen LogP) is -8.74. The molecular weight excluding hydrogens is 1210 g/mol. The van der Waals surface area contributed by atoms with Crippen LogP contribution in [0.3, 0.4) is 0 Å². The van der Waals surface area contributed by atoms with E-state index in [1.54, 1.807) is 12.1 Å². The van der Waals surface area contributed by atoms with Crippen molar-refractivity contribution in [1.29, 1.82) is 0 Å². The van der Waals surface area contributed by atoms with Gasteiger partial charge in [-0.25, -0.2) is 0 Å². The van der Waals surface area contributed by atoms with E-state index in [0.29, 0.717) is 31.2 Å². The highest BCUT2D eigenvalue weighted by molar-refractivity contribution is 5.98. The molecular formula is C55H100N28O10. The number of likely N-dealkylation sites (tertiary alicyclic amines) is 1. The van der Waals surface area contributed by atoms with Crippen molar-refractivity contribution >= 4 is 88.9 Å². The Morgan fingerprint density at radius 2 is 0.688 bits per heavy atom. The fourth-order valence-corrected chi connectivity index (χ4v) is 9.54. The smallest absolute Gasteiger partial charge is 0.243 e. The number of phenolic OH excluding ortho intramolecular Hbond substituents is 1. The van der Waals surface area contributed by atoms with Crippen LogP contribution in [0.1, 0.15) is 115 Å². The lowest BCUT2D eigenvalue weighted by molar-refractivity contribution is -0.139. The van der Waals surface area contributed by atoms with E-state index in [4.69, 9.17) is 80.3 Å². The summed E-state index contributed by atoms with van der Waals surface area (Å²) in [6.45, 7) is 0.598. The Balaban J connectivity index is 2.63. The summed E-state index contributed by atoms with van der Waals surface area (Å²) in [4.78, 5) is 152. The van der Waals surface area contributed by atoms with Crippen LogP contribution in [0.5, 0.6) is 5.75 Å². The molecule has 0 radical (unpaired) electrons. The lowest BCUT2D eigenvalue weighted by Gasteiger charge is -2.29. The number of nitrogens with two attached hydrogens (primary N) is 14. The second-order valence-electron chi connectivity index (χ2n) is 21.9. The zero-order valence-corrected chi connectivity index (χ0v) is 52.6. The molecule has 1 heterocycles. The van der Waals surface area contributed by atoms with Gasteiger partial charge in [0.2, 0.25) is 53.2 Å². The molecule has 38 heteroatoms. The number of carbonyl (C=O) groups excluding carboxylic acids is 9. The summed E-state index contributed by atoms with van der Waals surface area (Å²) in [5.74, 6) is -8.57. The minimum Gasteiger partial charge on any atom is -0.508 e. The van der Waals surface area contributed by atoms with Crippen LogP contribution in [-0.2, 0) is 49.6 Å². The Labute approximate surface area is 539 Å². The van der Waals surface area contributed by atoms with E-state index in [0.717, 1.165) is 0 Å². The lowest BCUT2D eigenvalue weighted by Crippen LogP contribution is -2.60. The summed E-state index contributed by atoms with van der Waals surface area (Å²) in [6, 6.07) is -4.58. The van der Waals surface area contributed by atoms with E-state index >= 15 is 0 Å². The summed E-state index contributed by atoms with van der Waals surface area (Å²) >= 11 is 0. The van der Waals surface area contributed by atoms with Crippen molar-refractivity contribution < 1.29 is 48.3 Å². The van der Waals surface area contributed by atoms with Crippen molar-refractivity contribution in [2.45, 2.75) is 164 Å². The summed E-state index contributed by atoms with van der Waals surface area (Å²) in [5, 5.41) is 28.5. The number of guanidine groups is 6. The number of primary amides is 1. The first-order valence-electron chi connectivity index (χ1n) is 30.6. The second kappa shape index (κ2) is 43.5. The van der Waals surface area contributed by atoms with Gasteiger partial charge in [0.05, 0.1) is 6.42 Å². The fourth-order valence-electron chi connectivity index (χ4n) is 9.54. The van der Waals surface area contributed by atoms with E-state index < -0.39 is 95.6 Å².